The van der Waals surface area contributed by atoms with Crippen molar-refractivity contribution in [2.24, 2.45) is 0 Å². The fourth-order valence-electron chi connectivity index (χ4n) is 12.1. The maximum atomic E-state index is 2.55. The first-order valence-electron chi connectivity index (χ1n) is 22.7. The summed E-state index contributed by atoms with van der Waals surface area (Å²) in [7, 11) is 0. The molecule has 0 aromatic heterocycles. The van der Waals surface area contributed by atoms with Crippen molar-refractivity contribution < 1.29 is 0 Å². The lowest BCUT2D eigenvalue weighted by atomic mass is 9.84. The fourth-order valence-corrected chi connectivity index (χ4v) is 12.1. The summed E-state index contributed by atoms with van der Waals surface area (Å²) in [6, 6.07) is 69.6. The minimum absolute atomic E-state index is 1.23. The lowest BCUT2D eigenvalue weighted by Gasteiger charge is -2.19. The minimum atomic E-state index is 1.23. The Morgan fingerprint density at radius 2 is 0.766 bits per heavy atom. The van der Waals surface area contributed by atoms with E-state index in [-0.39, 0.29) is 0 Å². The van der Waals surface area contributed by atoms with Crippen molar-refractivity contribution in [1.82, 2.24) is 0 Å². The molecule has 0 spiro atoms. The molecule has 298 valence electrons. The second-order valence-electron chi connectivity index (χ2n) is 18.6. The van der Waals surface area contributed by atoms with Crippen LogP contribution in [-0.4, -0.2) is 0 Å². The van der Waals surface area contributed by atoms with Gasteiger partial charge in [0.2, 0.25) is 0 Å². The number of benzene rings is 12. The monoisotopic (exact) mass is 810 g/mol. The van der Waals surface area contributed by atoms with E-state index in [4.69, 9.17) is 0 Å². The highest BCUT2D eigenvalue weighted by Gasteiger charge is 2.29. The van der Waals surface area contributed by atoms with E-state index < -0.39 is 0 Å². The first-order valence-corrected chi connectivity index (χ1v) is 22.7. The molecule has 0 fully saturated rings. The molecule has 0 amide bonds. The van der Waals surface area contributed by atoms with Crippen LogP contribution in [-0.2, 0) is 0 Å². The van der Waals surface area contributed by atoms with Crippen molar-refractivity contribution >= 4 is 64.6 Å². The van der Waals surface area contributed by atoms with Crippen LogP contribution in [0.25, 0.3) is 143 Å². The van der Waals surface area contributed by atoms with Gasteiger partial charge in [-0.05, 0) is 212 Å². The van der Waals surface area contributed by atoms with Gasteiger partial charge in [0.05, 0.1) is 0 Å². The number of hydrogen-bond acceptors (Lipinski definition) is 0. The highest BCUT2D eigenvalue weighted by Crippen LogP contribution is 2.56. The predicted molar refractivity (Wildman–Crippen MR) is 276 cm³/mol. The van der Waals surface area contributed by atoms with Gasteiger partial charge in [-0.3, -0.25) is 0 Å². The summed E-state index contributed by atoms with van der Waals surface area (Å²) in [5.41, 5.74) is 23.6. The van der Waals surface area contributed by atoms with Gasteiger partial charge in [0.25, 0.3) is 0 Å². The summed E-state index contributed by atoms with van der Waals surface area (Å²) in [6.45, 7) is 9.05. The molecule has 0 N–H and O–H groups in total. The third-order valence-corrected chi connectivity index (χ3v) is 14.8. The van der Waals surface area contributed by atoms with Gasteiger partial charge in [0.15, 0.2) is 0 Å². The Labute approximate surface area is 372 Å². The van der Waals surface area contributed by atoms with E-state index in [2.05, 4.69) is 210 Å². The lowest BCUT2D eigenvalue weighted by Crippen LogP contribution is -1.92. The molecule has 0 saturated heterocycles. The van der Waals surface area contributed by atoms with E-state index >= 15 is 0 Å². The Balaban J connectivity index is 1.15. The highest BCUT2D eigenvalue weighted by atomic mass is 14.3. The SMILES string of the molecule is Cc1cc(C)c2c(c1)-c1cc3c4ccc(C)cc4c(-c4cc5c6ccc(-c7ccccc7)c7c6c(cc5c5ccc(-c6ccccc6)cc45)-c4ccccc4-7)cc3c3ccc(C)c-2c13. The van der Waals surface area contributed by atoms with Gasteiger partial charge < -0.3 is 0 Å². The van der Waals surface area contributed by atoms with Crippen LogP contribution in [0.5, 0.6) is 0 Å². The van der Waals surface area contributed by atoms with Crippen LogP contribution < -0.4 is 0 Å². The Morgan fingerprint density at radius 3 is 1.48 bits per heavy atom. The molecule has 0 nitrogen and oxygen atoms in total. The van der Waals surface area contributed by atoms with Crippen LogP contribution in [0.3, 0.4) is 0 Å². The maximum absolute atomic E-state index is 2.55. The zero-order valence-electron chi connectivity index (χ0n) is 36.3. The second-order valence-corrected chi connectivity index (χ2v) is 18.6. The van der Waals surface area contributed by atoms with E-state index in [1.807, 2.05) is 0 Å². The van der Waals surface area contributed by atoms with Crippen molar-refractivity contribution in [3.8, 4) is 77.9 Å². The van der Waals surface area contributed by atoms with Crippen LogP contribution in [0.2, 0.25) is 0 Å². The van der Waals surface area contributed by atoms with E-state index in [0.29, 0.717) is 0 Å². The van der Waals surface area contributed by atoms with Crippen LogP contribution in [0.15, 0.2) is 182 Å². The van der Waals surface area contributed by atoms with Crippen LogP contribution in [0, 0.1) is 27.7 Å². The van der Waals surface area contributed by atoms with Gasteiger partial charge >= 0.3 is 0 Å². The molecule has 12 aromatic rings. The van der Waals surface area contributed by atoms with Crippen molar-refractivity contribution in [2.45, 2.75) is 27.7 Å². The maximum Gasteiger partial charge on any atom is -0.00137 e. The average molecular weight is 811 g/mol. The molecule has 0 atom stereocenters. The van der Waals surface area contributed by atoms with Crippen LogP contribution in [0.1, 0.15) is 22.3 Å². The normalized spacial score (nSPS) is 12.4. The summed E-state index contributed by atoms with van der Waals surface area (Å²) < 4.78 is 0. The molecule has 0 radical (unpaired) electrons. The molecule has 0 heteroatoms. The molecule has 0 heterocycles. The minimum Gasteiger partial charge on any atom is -0.0622 e. The summed E-state index contributed by atoms with van der Waals surface area (Å²) in [5, 5.41) is 15.7. The molecule has 0 aliphatic heterocycles. The van der Waals surface area contributed by atoms with Gasteiger partial charge in [0.1, 0.15) is 0 Å². The van der Waals surface area contributed by atoms with E-state index in [0.717, 1.165) is 0 Å². The number of fused-ring (bicyclic) bond motifs is 14. The smallest absolute Gasteiger partial charge is 0.00137 e. The molecule has 2 aliphatic rings. The van der Waals surface area contributed by atoms with Gasteiger partial charge in [-0.25, -0.2) is 0 Å². The van der Waals surface area contributed by atoms with Gasteiger partial charge in [-0.2, -0.15) is 0 Å². The van der Waals surface area contributed by atoms with Crippen molar-refractivity contribution in [1.29, 1.82) is 0 Å². The van der Waals surface area contributed by atoms with Gasteiger partial charge in [0, 0.05) is 0 Å². The average Bonchev–Trinajstić information content (AvgIpc) is 3.84. The Kier molecular flexibility index (Phi) is 7.20. The number of aryl methyl sites for hydroxylation is 4. The zero-order chi connectivity index (χ0) is 42.5. The number of rotatable bonds is 3. The Hall–Kier alpha value is -7.80. The third kappa shape index (κ3) is 4.78. The van der Waals surface area contributed by atoms with Crippen molar-refractivity contribution in [3.63, 3.8) is 0 Å². The summed E-state index contributed by atoms with van der Waals surface area (Å²) in [4.78, 5) is 0. The highest BCUT2D eigenvalue weighted by molar-refractivity contribution is 6.33. The molecule has 0 saturated carbocycles. The van der Waals surface area contributed by atoms with Crippen LogP contribution >= 0.6 is 0 Å². The number of hydrogen-bond donors (Lipinski definition) is 0. The molecule has 64 heavy (non-hydrogen) atoms. The summed E-state index contributed by atoms with van der Waals surface area (Å²) in [5.74, 6) is 0. The van der Waals surface area contributed by atoms with Gasteiger partial charge in [-0.1, -0.05) is 163 Å². The third-order valence-electron chi connectivity index (χ3n) is 14.8. The standard InChI is InChI=1S/C64H42/c1-35-19-22-44-49(28-35)55(31-53-47-23-20-37(3)61-60-38(4)27-36(2)29-57(60)59(63(47)61)34-52(44)53)56-32-54-48-26-25-42(40-15-9-6-10-16-40)62-46-18-12-11-17-43(46)58(64(48)62)33-51(54)45-24-21-41(30-50(45)56)39-13-7-5-8-14-39/h5-34H,1-4H3. The fraction of sp³-hybridized carbons (Fsp3) is 0.0625. The molecule has 2 aliphatic carbocycles. The predicted octanol–water partition coefficient (Wildman–Crippen LogP) is 18.1. The van der Waals surface area contributed by atoms with Crippen molar-refractivity contribution in [2.75, 3.05) is 0 Å². The molecule has 14 rings (SSSR count). The molecule has 0 bridgehead atoms. The quantitative estimate of drug-likeness (QED) is 0.156. The van der Waals surface area contributed by atoms with Crippen LogP contribution in [0.4, 0.5) is 0 Å². The molecule has 0 unspecified atom stereocenters. The van der Waals surface area contributed by atoms with Crippen molar-refractivity contribution in [3.05, 3.63) is 204 Å². The van der Waals surface area contributed by atoms with E-state index in [1.54, 1.807) is 0 Å². The first kappa shape index (κ1) is 35.8. The largest absolute Gasteiger partial charge is 0.0622 e. The zero-order valence-corrected chi connectivity index (χ0v) is 36.3. The second kappa shape index (κ2) is 12.9. The molecule has 12 aromatic carbocycles. The molecular weight excluding hydrogens is 769 g/mol. The van der Waals surface area contributed by atoms with E-state index in [9.17, 15) is 0 Å². The molecular formula is C64H42. The lowest BCUT2D eigenvalue weighted by molar-refractivity contribution is 1.38. The van der Waals surface area contributed by atoms with E-state index in [1.165, 1.54) is 165 Å². The summed E-state index contributed by atoms with van der Waals surface area (Å²) in [6.07, 6.45) is 0. The van der Waals surface area contributed by atoms with Gasteiger partial charge in [-0.15, -0.1) is 0 Å². The summed E-state index contributed by atoms with van der Waals surface area (Å²) >= 11 is 0. The topological polar surface area (TPSA) is 0 Å². The Bertz CT molecular complexity index is 4070. The Morgan fingerprint density at radius 1 is 0.219 bits per heavy atom. The first-order chi connectivity index (χ1) is 31.4.